The maximum atomic E-state index is 6.21. The van der Waals surface area contributed by atoms with Crippen LogP contribution in [0.3, 0.4) is 0 Å². The molecule has 0 radical (unpaired) electrons. The quantitative estimate of drug-likeness (QED) is 0.883. The third kappa shape index (κ3) is 3.79. The van der Waals surface area contributed by atoms with Crippen LogP contribution < -0.4 is 15.4 Å². The van der Waals surface area contributed by atoms with E-state index in [-0.39, 0.29) is 12.1 Å². The Labute approximate surface area is 126 Å². The van der Waals surface area contributed by atoms with E-state index in [2.05, 4.69) is 0 Å². The van der Waals surface area contributed by atoms with Crippen LogP contribution >= 0.6 is 0 Å². The molecule has 0 aliphatic carbocycles. The molecule has 2 atom stereocenters. The van der Waals surface area contributed by atoms with Crippen LogP contribution in [-0.4, -0.2) is 20.1 Å². The molecule has 0 bridgehead atoms. The van der Waals surface area contributed by atoms with Gasteiger partial charge in [0.05, 0.1) is 0 Å². The molecule has 21 heavy (non-hydrogen) atoms. The lowest BCUT2D eigenvalue weighted by atomic mass is 10.1. The largest absolute Gasteiger partial charge is 0.481 e. The minimum atomic E-state index is -0.277. The highest BCUT2D eigenvalue weighted by Gasteiger charge is 2.24. The third-order valence-electron chi connectivity index (χ3n) is 3.50. The molecule has 2 rings (SSSR count). The van der Waals surface area contributed by atoms with E-state index in [1.807, 2.05) is 69.2 Å². The Balaban J connectivity index is 2.25. The number of ether oxygens (including phenoxy) is 1. The van der Waals surface area contributed by atoms with Crippen molar-refractivity contribution in [2.75, 3.05) is 19.0 Å². The number of nitrogens with zero attached hydrogens (tertiary/aromatic N) is 1. The van der Waals surface area contributed by atoms with Gasteiger partial charge in [-0.25, -0.2) is 0 Å². The summed E-state index contributed by atoms with van der Waals surface area (Å²) in [5.74, 6) is 2.44. The molecule has 114 valence electrons. The van der Waals surface area contributed by atoms with E-state index < -0.39 is 0 Å². The summed E-state index contributed by atoms with van der Waals surface area (Å²) in [7, 11) is 4.01. The Bertz CT molecular complexity index is 578. The van der Waals surface area contributed by atoms with Crippen molar-refractivity contribution in [1.29, 1.82) is 0 Å². The zero-order valence-corrected chi connectivity index (χ0v) is 13.2. The fourth-order valence-corrected chi connectivity index (χ4v) is 2.16. The van der Waals surface area contributed by atoms with Crippen LogP contribution in [-0.2, 0) is 0 Å². The molecule has 2 unspecified atom stereocenters. The van der Waals surface area contributed by atoms with Gasteiger partial charge in [0.2, 0.25) is 0 Å². The second-order valence-electron chi connectivity index (χ2n) is 5.45. The summed E-state index contributed by atoms with van der Waals surface area (Å²) in [4.78, 5) is 2.04. The van der Waals surface area contributed by atoms with Crippen LogP contribution in [0, 0.1) is 6.92 Å². The van der Waals surface area contributed by atoms with Crippen LogP contribution in [0.25, 0.3) is 0 Å². The fourth-order valence-electron chi connectivity index (χ4n) is 2.16. The SMILES string of the molecule is CCC(N)C(Oc1cccc(N(C)C)c1)c1ccc(C)o1. The first kappa shape index (κ1) is 15.4. The van der Waals surface area contributed by atoms with Crippen LogP contribution in [0.4, 0.5) is 5.69 Å². The highest BCUT2D eigenvalue weighted by atomic mass is 16.5. The van der Waals surface area contributed by atoms with Crippen molar-refractivity contribution in [3.05, 3.63) is 47.9 Å². The molecule has 1 aromatic heterocycles. The summed E-state index contributed by atoms with van der Waals surface area (Å²) in [5.41, 5.74) is 7.30. The van der Waals surface area contributed by atoms with Crippen molar-refractivity contribution in [1.82, 2.24) is 0 Å². The van der Waals surface area contributed by atoms with Crippen molar-refractivity contribution in [3.8, 4) is 5.75 Å². The van der Waals surface area contributed by atoms with Crippen molar-refractivity contribution in [2.45, 2.75) is 32.4 Å². The minimum Gasteiger partial charge on any atom is -0.481 e. The predicted molar refractivity (Wildman–Crippen MR) is 85.8 cm³/mol. The van der Waals surface area contributed by atoms with Gasteiger partial charge in [-0.15, -0.1) is 0 Å². The lowest BCUT2D eigenvalue weighted by Crippen LogP contribution is -2.31. The number of anilines is 1. The summed E-state index contributed by atoms with van der Waals surface area (Å²) < 4.78 is 11.8. The number of rotatable bonds is 6. The average Bonchev–Trinajstić information content (AvgIpc) is 2.90. The van der Waals surface area contributed by atoms with E-state index in [0.29, 0.717) is 0 Å². The number of benzene rings is 1. The first-order chi connectivity index (χ1) is 10.0. The lowest BCUT2D eigenvalue weighted by Gasteiger charge is -2.23. The van der Waals surface area contributed by atoms with E-state index in [0.717, 1.165) is 29.4 Å². The van der Waals surface area contributed by atoms with Crippen LogP contribution in [0.1, 0.15) is 31.0 Å². The van der Waals surface area contributed by atoms with Gasteiger partial charge in [0.25, 0.3) is 0 Å². The van der Waals surface area contributed by atoms with Gasteiger partial charge in [-0.3, -0.25) is 0 Å². The molecule has 0 saturated heterocycles. The monoisotopic (exact) mass is 288 g/mol. The summed E-state index contributed by atoms with van der Waals surface area (Å²) in [6.45, 7) is 3.97. The summed E-state index contributed by atoms with van der Waals surface area (Å²) >= 11 is 0. The number of hydrogen-bond donors (Lipinski definition) is 1. The summed E-state index contributed by atoms with van der Waals surface area (Å²) in [6.07, 6.45) is 0.540. The van der Waals surface area contributed by atoms with Crippen LogP contribution in [0.5, 0.6) is 5.75 Å². The van der Waals surface area contributed by atoms with Gasteiger partial charge >= 0.3 is 0 Å². The molecular formula is C17H24N2O2. The van der Waals surface area contributed by atoms with E-state index in [4.69, 9.17) is 14.9 Å². The molecule has 1 heterocycles. The molecule has 0 aliphatic rings. The van der Waals surface area contributed by atoms with E-state index in [9.17, 15) is 0 Å². The Kier molecular flexibility index (Phi) is 4.91. The zero-order valence-electron chi connectivity index (χ0n) is 13.2. The molecular weight excluding hydrogens is 264 g/mol. The number of aryl methyl sites for hydroxylation is 1. The second-order valence-corrected chi connectivity index (χ2v) is 5.45. The van der Waals surface area contributed by atoms with Crippen molar-refractivity contribution >= 4 is 5.69 Å². The van der Waals surface area contributed by atoms with Gasteiger partial charge in [-0.05, 0) is 37.6 Å². The molecule has 2 aromatic rings. The molecule has 4 nitrogen and oxygen atoms in total. The number of hydrogen-bond acceptors (Lipinski definition) is 4. The number of nitrogens with two attached hydrogens (primary N) is 1. The van der Waals surface area contributed by atoms with Gasteiger partial charge in [0.15, 0.2) is 6.10 Å². The third-order valence-corrected chi connectivity index (χ3v) is 3.50. The van der Waals surface area contributed by atoms with Gasteiger partial charge in [0, 0.05) is 31.9 Å². The Morgan fingerprint density at radius 3 is 2.57 bits per heavy atom. The molecule has 0 spiro atoms. The van der Waals surface area contributed by atoms with Crippen molar-refractivity contribution in [2.24, 2.45) is 5.73 Å². The van der Waals surface area contributed by atoms with Gasteiger partial charge in [0.1, 0.15) is 17.3 Å². The molecule has 4 heteroatoms. The van der Waals surface area contributed by atoms with Gasteiger partial charge < -0.3 is 19.8 Å². The maximum absolute atomic E-state index is 6.21. The summed E-state index contributed by atoms with van der Waals surface area (Å²) in [5, 5.41) is 0. The molecule has 1 aromatic carbocycles. The molecule has 0 aliphatic heterocycles. The van der Waals surface area contributed by atoms with Gasteiger partial charge in [-0.1, -0.05) is 13.0 Å². The first-order valence-electron chi connectivity index (χ1n) is 7.27. The normalized spacial score (nSPS) is 13.8. The molecule has 2 N–H and O–H groups in total. The van der Waals surface area contributed by atoms with Crippen LogP contribution in [0.15, 0.2) is 40.8 Å². The van der Waals surface area contributed by atoms with Crippen LogP contribution in [0.2, 0.25) is 0 Å². The average molecular weight is 288 g/mol. The molecule has 0 saturated carbocycles. The zero-order chi connectivity index (χ0) is 15.4. The second kappa shape index (κ2) is 6.68. The fraction of sp³-hybridized carbons (Fsp3) is 0.412. The van der Waals surface area contributed by atoms with E-state index in [1.165, 1.54) is 0 Å². The highest BCUT2D eigenvalue weighted by Crippen LogP contribution is 2.28. The Morgan fingerprint density at radius 1 is 1.24 bits per heavy atom. The Hall–Kier alpha value is -1.94. The molecule has 0 amide bonds. The minimum absolute atomic E-state index is 0.112. The topological polar surface area (TPSA) is 51.6 Å². The number of furan rings is 1. The smallest absolute Gasteiger partial charge is 0.171 e. The maximum Gasteiger partial charge on any atom is 0.171 e. The first-order valence-corrected chi connectivity index (χ1v) is 7.27. The lowest BCUT2D eigenvalue weighted by molar-refractivity contribution is 0.143. The van der Waals surface area contributed by atoms with Crippen molar-refractivity contribution in [3.63, 3.8) is 0 Å². The summed E-state index contributed by atoms with van der Waals surface area (Å²) in [6, 6.07) is 11.7. The van der Waals surface area contributed by atoms with Gasteiger partial charge in [-0.2, -0.15) is 0 Å². The van der Waals surface area contributed by atoms with Crippen molar-refractivity contribution < 1.29 is 9.15 Å². The molecule has 0 fully saturated rings. The Morgan fingerprint density at radius 2 is 2.00 bits per heavy atom. The standard InChI is InChI=1S/C17H24N2O2/c1-5-15(18)17(16-10-9-12(2)20-16)21-14-8-6-7-13(11-14)19(3)4/h6-11,15,17H,5,18H2,1-4H3. The van der Waals surface area contributed by atoms with E-state index in [1.54, 1.807) is 0 Å². The van der Waals surface area contributed by atoms with E-state index >= 15 is 0 Å². The highest BCUT2D eigenvalue weighted by molar-refractivity contribution is 5.49. The predicted octanol–water partition coefficient (Wildman–Crippen LogP) is 3.51.